The fourth-order valence-electron chi connectivity index (χ4n) is 0.788. The highest BCUT2D eigenvalue weighted by Crippen LogP contribution is 2.32. The van der Waals surface area contributed by atoms with Crippen LogP contribution in [0.4, 0.5) is 4.79 Å². The number of hydrogen-bond donors (Lipinski definition) is 1. The Bertz CT molecular complexity index is 175. The van der Waals surface area contributed by atoms with E-state index in [9.17, 15) is 4.79 Å². The highest BCUT2D eigenvalue weighted by molar-refractivity contribution is 7.72. The van der Waals surface area contributed by atoms with Crippen LogP contribution in [0.25, 0.3) is 0 Å². The van der Waals surface area contributed by atoms with E-state index < -0.39 is 13.7 Å². The molecule has 78 valence electrons. The summed E-state index contributed by atoms with van der Waals surface area (Å²) in [4.78, 5) is 11.4. The lowest BCUT2D eigenvalue weighted by atomic mass is 10.2. The Balaban J connectivity index is 3.97. The average Bonchev–Trinajstić information content (AvgIpc) is 1.81. The summed E-state index contributed by atoms with van der Waals surface area (Å²) in [6.45, 7) is 9.65. The van der Waals surface area contributed by atoms with Gasteiger partial charge in [0.05, 0.1) is 8.07 Å². The molecule has 0 aliphatic rings. The molecule has 2 N–H and O–H groups in total. The molecule has 0 spiro atoms. The van der Waals surface area contributed by atoms with Crippen molar-refractivity contribution < 1.29 is 9.53 Å². The van der Waals surface area contributed by atoms with E-state index in [2.05, 4.69) is 0 Å². The number of ether oxygens (including phenoxy) is 1. The van der Waals surface area contributed by atoms with Gasteiger partial charge in [-0.05, 0) is 32.9 Å². The molecule has 0 bridgehead atoms. The fraction of sp³-hybridized carbons (Fsp3) is 0.889. The van der Waals surface area contributed by atoms with Gasteiger partial charge in [0.2, 0.25) is 0 Å². The Morgan fingerprint density at radius 1 is 1.46 bits per heavy atom. The first-order valence-corrected chi connectivity index (χ1v) is 6.07. The van der Waals surface area contributed by atoms with Crippen molar-refractivity contribution in [1.82, 2.24) is 0 Å². The Kier molecular flexibility index (Phi) is 4.87. The van der Waals surface area contributed by atoms with Crippen LogP contribution in [0.2, 0.25) is 0 Å². The molecular formula is C9H20NO2P. The zero-order valence-electron chi connectivity index (χ0n) is 9.13. The van der Waals surface area contributed by atoms with Crippen LogP contribution in [0, 0.1) is 5.92 Å². The monoisotopic (exact) mass is 205 g/mol. The van der Waals surface area contributed by atoms with Crippen LogP contribution in [0.1, 0.15) is 34.6 Å². The smallest absolute Gasteiger partial charge is 0.341 e. The van der Waals surface area contributed by atoms with Crippen LogP contribution in [0.15, 0.2) is 0 Å². The van der Waals surface area contributed by atoms with Crippen LogP contribution in [0.3, 0.4) is 0 Å². The van der Waals surface area contributed by atoms with Gasteiger partial charge in [0.25, 0.3) is 0 Å². The van der Waals surface area contributed by atoms with Gasteiger partial charge in [-0.25, -0.2) is 4.79 Å². The molecule has 0 aliphatic carbocycles. The zero-order chi connectivity index (χ0) is 10.6. The molecule has 0 rings (SSSR count). The molecule has 0 heterocycles. The minimum absolute atomic E-state index is 0.240. The van der Waals surface area contributed by atoms with Crippen LogP contribution in [-0.2, 0) is 4.74 Å². The minimum atomic E-state index is -1.11. The molecule has 0 fully saturated rings. The summed E-state index contributed by atoms with van der Waals surface area (Å²) in [6.07, 6.45) is 0.740. The average molecular weight is 205 g/mol. The zero-order valence-corrected chi connectivity index (χ0v) is 10.0. The molecule has 13 heavy (non-hydrogen) atoms. The Morgan fingerprint density at radius 3 is 2.23 bits per heavy atom. The molecule has 0 aromatic carbocycles. The predicted molar refractivity (Wildman–Crippen MR) is 57.0 cm³/mol. The summed E-state index contributed by atoms with van der Waals surface area (Å²) < 4.78 is 5.17. The van der Waals surface area contributed by atoms with Gasteiger partial charge in [0.15, 0.2) is 0 Å². The third-order valence-electron chi connectivity index (χ3n) is 1.19. The second-order valence-electron chi connectivity index (χ2n) is 4.53. The summed E-state index contributed by atoms with van der Waals surface area (Å²) in [5.41, 5.74) is 5.05. The van der Waals surface area contributed by atoms with Crippen molar-refractivity contribution in [3.8, 4) is 0 Å². The van der Waals surface area contributed by atoms with E-state index in [0.717, 1.165) is 6.16 Å². The molecule has 3 nitrogen and oxygen atoms in total. The van der Waals surface area contributed by atoms with E-state index in [1.807, 2.05) is 34.6 Å². The Morgan fingerprint density at radius 2 is 1.92 bits per heavy atom. The third kappa shape index (κ3) is 6.97. The second-order valence-corrected chi connectivity index (χ2v) is 6.20. The maximum Gasteiger partial charge on any atom is 0.341 e. The molecule has 0 saturated carbocycles. The topological polar surface area (TPSA) is 52.3 Å². The Labute approximate surface area is 81.8 Å². The summed E-state index contributed by atoms with van der Waals surface area (Å²) >= 11 is 0. The first-order chi connectivity index (χ1) is 5.72. The summed E-state index contributed by atoms with van der Waals surface area (Å²) in [7, 11) is -1.11. The molecule has 0 aliphatic heterocycles. The van der Waals surface area contributed by atoms with Crippen LogP contribution in [-0.4, -0.2) is 17.5 Å². The molecule has 0 aromatic rings. The van der Waals surface area contributed by atoms with Gasteiger partial charge < -0.3 is 10.2 Å². The molecule has 0 amide bonds. The van der Waals surface area contributed by atoms with E-state index in [4.69, 9.17) is 10.2 Å². The maximum absolute atomic E-state index is 11.4. The van der Waals surface area contributed by atoms with Gasteiger partial charge in [0, 0.05) is 0 Å². The number of nitrogens with two attached hydrogens (primary N) is 1. The van der Waals surface area contributed by atoms with Crippen LogP contribution < -0.4 is 5.50 Å². The maximum atomic E-state index is 11.4. The van der Waals surface area contributed by atoms with Gasteiger partial charge in [-0.15, -0.1) is 0 Å². The van der Waals surface area contributed by atoms with E-state index in [1.54, 1.807) is 0 Å². The highest BCUT2D eigenvalue weighted by atomic mass is 31.1. The van der Waals surface area contributed by atoms with Gasteiger partial charge >= 0.3 is 5.71 Å². The lowest BCUT2D eigenvalue weighted by Crippen LogP contribution is -2.24. The molecule has 0 aromatic heterocycles. The number of carbonyl (C=O) groups is 1. The second kappa shape index (κ2) is 4.92. The quantitative estimate of drug-likeness (QED) is 0.720. The lowest BCUT2D eigenvalue weighted by Gasteiger charge is -2.22. The number of hydrogen-bond acceptors (Lipinski definition) is 3. The highest BCUT2D eigenvalue weighted by Gasteiger charge is 2.22. The normalized spacial score (nSPS) is 14.4. The molecule has 4 heteroatoms. The van der Waals surface area contributed by atoms with Crippen molar-refractivity contribution in [2.75, 3.05) is 6.16 Å². The lowest BCUT2D eigenvalue weighted by molar-refractivity contribution is 0.0726. The van der Waals surface area contributed by atoms with Crippen LogP contribution in [0.5, 0.6) is 0 Å². The molecule has 1 unspecified atom stereocenters. The number of carbonyl (C=O) groups excluding carboxylic acids is 1. The first-order valence-electron chi connectivity index (χ1n) is 4.47. The first kappa shape index (κ1) is 12.9. The summed E-state index contributed by atoms with van der Waals surface area (Å²) in [5, 5.41) is 0. The van der Waals surface area contributed by atoms with E-state index in [1.165, 1.54) is 0 Å². The van der Waals surface area contributed by atoms with Gasteiger partial charge in [-0.2, -0.15) is 0 Å². The van der Waals surface area contributed by atoms with Crippen molar-refractivity contribution in [3.63, 3.8) is 0 Å². The van der Waals surface area contributed by atoms with E-state index >= 15 is 0 Å². The van der Waals surface area contributed by atoms with E-state index in [-0.39, 0.29) is 5.71 Å². The molecule has 0 radical (unpaired) electrons. The molecular weight excluding hydrogens is 185 g/mol. The third-order valence-corrected chi connectivity index (χ3v) is 2.87. The predicted octanol–water partition coefficient (Wildman–Crippen LogP) is 2.93. The molecule has 0 saturated heterocycles. The van der Waals surface area contributed by atoms with Gasteiger partial charge in [-0.1, -0.05) is 13.8 Å². The van der Waals surface area contributed by atoms with Crippen molar-refractivity contribution in [3.05, 3.63) is 0 Å². The SMILES string of the molecule is CC(C)CP(N)C(=O)OC(C)(C)C. The summed E-state index contributed by atoms with van der Waals surface area (Å²) in [5.74, 6) is 0.448. The van der Waals surface area contributed by atoms with Crippen molar-refractivity contribution >= 4 is 13.8 Å². The van der Waals surface area contributed by atoms with Crippen molar-refractivity contribution in [1.29, 1.82) is 0 Å². The van der Waals surface area contributed by atoms with Crippen LogP contribution >= 0.6 is 8.07 Å². The Hall–Kier alpha value is -0.140. The van der Waals surface area contributed by atoms with Gasteiger partial charge in [0.1, 0.15) is 5.60 Å². The minimum Gasteiger partial charge on any atom is -0.456 e. The van der Waals surface area contributed by atoms with Crippen molar-refractivity contribution in [2.24, 2.45) is 11.4 Å². The standard InChI is InChI=1S/C9H20NO2P/c1-7(2)6-13(10)8(11)12-9(3,4)5/h7H,6,10H2,1-5H3. The number of rotatable bonds is 3. The summed E-state index contributed by atoms with van der Waals surface area (Å²) in [6, 6.07) is 0. The molecule has 1 atom stereocenters. The van der Waals surface area contributed by atoms with Crippen molar-refractivity contribution in [2.45, 2.75) is 40.2 Å². The van der Waals surface area contributed by atoms with Gasteiger partial charge in [-0.3, -0.25) is 0 Å². The fourth-order valence-corrected chi connectivity index (χ4v) is 2.12. The van der Waals surface area contributed by atoms with E-state index in [0.29, 0.717) is 5.92 Å². The largest absolute Gasteiger partial charge is 0.456 e.